The van der Waals surface area contributed by atoms with Crippen molar-refractivity contribution in [3.05, 3.63) is 21.9 Å². The maximum atomic E-state index is 12.5. The fourth-order valence-electron chi connectivity index (χ4n) is 2.86. The Bertz CT molecular complexity index is 505. The van der Waals surface area contributed by atoms with Gasteiger partial charge >= 0.3 is 5.97 Å². The van der Waals surface area contributed by atoms with E-state index in [1.165, 1.54) is 4.88 Å². The number of rotatable bonds is 5. The Morgan fingerprint density at radius 3 is 2.75 bits per heavy atom. The molecule has 0 fully saturated rings. The highest BCUT2D eigenvalue weighted by Gasteiger charge is 2.39. The first-order valence-corrected chi connectivity index (χ1v) is 8.03. The van der Waals surface area contributed by atoms with Gasteiger partial charge in [-0.2, -0.15) is 0 Å². The van der Waals surface area contributed by atoms with Gasteiger partial charge in [-0.25, -0.2) is 4.79 Å². The third kappa shape index (κ3) is 2.59. The summed E-state index contributed by atoms with van der Waals surface area (Å²) in [5, 5.41) is 14.2. The lowest BCUT2D eigenvalue weighted by Crippen LogP contribution is -2.55. The van der Waals surface area contributed by atoms with Crippen LogP contribution in [-0.4, -0.2) is 22.5 Å². The average molecular weight is 295 g/mol. The summed E-state index contributed by atoms with van der Waals surface area (Å²) in [4.78, 5) is 25.3. The number of carboxylic acid groups (broad SMARTS) is 1. The minimum atomic E-state index is -1.13. The molecule has 2 rings (SSSR count). The van der Waals surface area contributed by atoms with Gasteiger partial charge in [0.05, 0.1) is 5.92 Å². The Morgan fingerprint density at radius 1 is 1.45 bits per heavy atom. The van der Waals surface area contributed by atoms with Crippen LogP contribution in [-0.2, 0) is 16.0 Å². The number of hydrogen-bond donors (Lipinski definition) is 2. The van der Waals surface area contributed by atoms with Crippen LogP contribution in [0.25, 0.3) is 0 Å². The molecule has 5 heteroatoms. The minimum absolute atomic E-state index is 0.143. The quantitative estimate of drug-likeness (QED) is 0.877. The van der Waals surface area contributed by atoms with Gasteiger partial charge in [-0.1, -0.05) is 13.8 Å². The Kier molecular flexibility index (Phi) is 4.48. The highest BCUT2D eigenvalue weighted by atomic mass is 32.1. The number of nitrogens with one attached hydrogen (secondary N) is 1. The Morgan fingerprint density at radius 2 is 2.15 bits per heavy atom. The molecule has 0 spiro atoms. The monoisotopic (exact) mass is 295 g/mol. The van der Waals surface area contributed by atoms with Crippen LogP contribution in [0, 0.1) is 0 Å². The smallest absolute Gasteiger partial charge is 0.329 e. The van der Waals surface area contributed by atoms with E-state index in [0.717, 1.165) is 24.8 Å². The molecule has 1 aliphatic carbocycles. The lowest BCUT2D eigenvalue weighted by atomic mass is 9.85. The van der Waals surface area contributed by atoms with Crippen LogP contribution in [0.3, 0.4) is 0 Å². The lowest BCUT2D eigenvalue weighted by Gasteiger charge is -2.31. The van der Waals surface area contributed by atoms with Crippen molar-refractivity contribution in [3.63, 3.8) is 0 Å². The summed E-state index contributed by atoms with van der Waals surface area (Å²) in [5.74, 6) is -1.28. The van der Waals surface area contributed by atoms with E-state index < -0.39 is 11.5 Å². The molecule has 0 saturated heterocycles. The van der Waals surface area contributed by atoms with Gasteiger partial charge in [0.1, 0.15) is 5.54 Å². The summed E-state index contributed by atoms with van der Waals surface area (Å²) < 4.78 is 0. The van der Waals surface area contributed by atoms with Gasteiger partial charge < -0.3 is 10.4 Å². The highest BCUT2D eigenvalue weighted by molar-refractivity contribution is 7.10. The van der Waals surface area contributed by atoms with Gasteiger partial charge in [-0.3, -0.25) is 4.79 Å². The van der Waals surface area contributed by atoms with Gasteiger partial charge in [0.25, 0.3) is 0 Å². The number of carbonyl (C=O) groups excluding carboxylic acids is 1. The van der Waals surface area contributed by atoms with E-state index in [1.807, 2.05) is 11.4 Å². The first-order chi connectivity index (χ1) is 9.54. The minimum Gasteiger partial charge on any atom is -0.480 e. The maximum absolute atomic E-state index is 12.5. The average Bonchev–Trinajstić information content (AvgIpc) is 2.92. The highest BCUT2D eigenvalue weighted by Crippen LogP contribution is 2.35. The summed E-state index contributed by atoms with van der Waals surface area (Å²) >= 11 is 1.69. The molecule has 1 heterocycles. The second-order valence-corrected chi connectivity index (χ2v) is 6.33. The molecule has 0 bridgehead atoms. The van der Waals surface area contributed by atoms with Crippen LogP contribution >= 0.6 is 11.3 Å². The van der Waals surface area contributed by atoms with Crippen LogP contribution in [0.15, 0.2) is 11.4 Å². The van der Waals surface area contributed by atoms with Crippen molar-refractivity contribution in [1.29, 1.82) is 0 Å². The summed E-state index contributed by atoms with van der Waals surface area (Å²) in [6.45, 7) is 3.60. The molecular formula is C15H21NO3S. The van der Waals surface area contributed by atoms with Gasteiger partial charge in [-0.15, -0.1) is 11.3 Å². The predicted molar refractivity (Wildman–Crippen MR) is 79.1 cm³/mol. The SMILES string of the molecule is CCC(CC)(NC(=O)C1CCCc2sccc21)C(=O)O. The topological polar surface area (TPSA) is 66.4 Å². The fourth-order valence-corrected chi connectivity index (χ4v) is 3.85. The van der Waals surface area contributed by atoms with Gasteiger partial charge in [0.15, 0.2) is 0 Å². The lowest BCUT2D eigenvalue weighted by molar-refractivity contribution is -0.148. The van der Waals surface area contributed by atoms with Crippen molar-refractivity contribution in [2.45, 2.75) is 57.4 Å². The van der Waals surface area contributed by atoms with E-state index in [1.54, 1.807) is 25.2 Å². The Labute approximate surface area is 123 Å². The van der Waals surface area contributed by atoms with E-state index in [-0.39, 0.29) is 11.8 Å². The number of hydrogen-bond acceptors (Lipinski definition) is 3. The van der Waals surface area contributed by atoms with Gasteiger partial charge in [-0.05, 0) is 49.1 Å². The van der Waals surface area contributed by atoms with Crippen molar-refractivity contribution in [2.75, 3.05) is 0 Å². The summed E-state index contributed by atoms with van der Waals surface area (Å²) in [5.41, 5.74) is -0.0460. The molecule has 0 aliphatic heterocycles. The van der Waals surface area contributed by atoms with E-state index >= 15 is 0 Å². The number of carbonyl (C=O) groups is 2. The third-order valence-electron chi connectivity index (χ3n) is 4.35. The van der Waals surface area contributed by atoms with E-state index in [0.29, 0.717) is 12.8 Å². The summed E-state index contributed by atoms with van der Waals surface area (Å²) in [6, 6.07) is 2.00. The number of thiophene rings is 1. The largest absolute Gasteiger partial charge is 0.480 e. The molecule has 0 radical (unpaired) electrons. The molecule has 1 unspecified atom stereocenters. The zero-order valence-corrected chi connectivity index (χ0v) is 12.8. The molecule has 1 aromatic heterocycles. The van der Waals surface area contributed by atoms with E-state index in [9.17, 15) is 14.7 Å². The standard InChI is InChI=1S/C15H21NO3S/c1-3-15(4-2,14(18)19)16-13(17)11-6-5-7-12-10(11)8-9-20-12/h8-9,11H,3-7H2,1-2H3,(H,16,17)(H,18,19). The van der Waals surface area contributed by atoms with Gasteiger partial charge in [0, 0.05) is 4.88 Å². The molecule has 1 atom stereocenters. The summed E-state index contributed by atoms with van der Waals surface area (Å²) in [7, 11) is 0. The molecule has 110 valence electrons. The molecular weight excluding hydrogens is 274 g/mol. The number of amides is 1. The van der Waals surface area contributed by atoms with Gasteiger partial charge in [0.2, 0.25) is 5.91 Å². The molecule has 1 aromatic rings. The van der Waals surface area contributed by atoms with Crippen molar-refractivity contribution in [3.8, 4) is 0 Å². The van der Waals surface area contributed by atoms with Crippen molar-refractivity contribution >= 4 is 23.2 Å². The van der Waals surface area contributed by atoms with Crippen LogP contribution in [0.2, 0.25) is 0 Å². The molecule has 0 aromatic carbocycles. The molecule has 2 N–H and O–H groups in total. The van der Waals surface area contributed by atoms with Crippen molar-refractivity contribution < 1.29 is 14.7 Å². The van der Waals surface area contributed by atoms with Crippen LogP contribution in [0.1, 0.15) is 55.9 Å². The van der Waals surface area contributed by atoms with Crippen molar-refractivity contribution in [2.24, 2.45) is 0 Å². The first kappa shape index (κ1) is 15.0. The number of fused-ring (bicyclic) bond motifs is 1. The molecule has 0 saturated carbocycles. The second-order valence-electron chi connectivity index (χ2n) is 5.33. The van der Waals surface area contributed by atoms with Crippen molar-refractivity contribution in [1.82, 2.24) is 5.32 Å². The second kappa shape index (κ2) is 5.95. The summed E-state index contributed by atoms with van der Waals surface area (Å²) in [6.07, 6.45) is 3.62. The Balaban J connectivity index is 2.19. The Hall–Kier alpha value is -1.36. The zero-order valence-electron chi connectivity index (χ0n) is 11.9. The number of aryl methyl sites for hydroxylation is 1. The number of carboxylic acids is 1. The molecule has 20 heavy (non-hydrogen) atoms. The normalized spacial score (nSPS) is 18.4. The fraction of sp³-hybridized carbons (Fsp3) is 0.600. The predicted octanol–water partition coefficient (Wildman–Crippen LogP) is 2.93. The number of aliphatic carboxylic acids is 1. The van der Waals surface area contributed by atoms with Crippen LogP contribution < -0.4 is 5.32 Å². The maximum Gasteiger partial charge on any atom is 0.329 e. The first-order valence-electron chi connectivity index (χ1n) is 7.15. The van der Waals surface area contributed by atoms with E-state index in [2.05, 4.69) is 5.32 Å². The zero-order chi connectivity index (χ0) is 14.8. The molecule has 1 aliphatic rings. The van der Waals surface area contributed by atoms with Crippen LogP contribution in [0.4, 0.5) is 0 Å². The molecule has 1 amide bonds. The van der Waals surface area contributed by atoms with E-state index in [4.69, 9.17) is 0 Å². The molecule has 4 nitrogen and oxygen atoms in total. The van der Waals surface area contributed by atoms with Crippen LogP contribution in [0.5, 0.6) is 0 Å². The third-order valence-corrected chi connectivity index (χ3v) is 5.34.